The van der Waals surface area contributed by atoms with E-state index in [2.05, 4.69) is 17.6 Å². The van der Waals surface area contributed by atoms with Crippen LogP contribution < -0.4 is 10.6 Å². The van der Waals surface area contributed by atoms with E-state index >= 15 is 0 Å². The van der Waals surface area contributed by atoms with Gasteiger partial charge in [0.15, 0.2) is 0 Å². The van der Waals surface area contributed by atoms with E-state index in [1.807, 2.05) is 38.1 Å². The highest BCUT2D eigenvalue weighted by atomic mass is 19.1. The number of carbonyl (C=O) groups excluding carboxylic acids is 2. The number of carbonyl (C=O) groups is 2. The Hall–Kier alpha value is -2.69. The van der Waals surface area contributed by atoms with Crippen LogP contribution in [0.4, 0.5) is 10.1 Å². The molecule has 2 aromatic rings. The number of halogens is 1. The summed E-state index contributed by atoms with van der Waals surface area (Å²) in [4.78, 5) is 24.8. The normalized spacial score (nSPS) is 11.9. The SMILES string of the molecule is CCc1ccc(NC(=O)C(NC(=O)c2ccc(F)cc2)C(C)C)cc1. The van der Waals surface area contributed by atoms with Gasteiger partial charge in [0.05, 0.1) is 0 Å². The van der Waals surface area contributed by atoms with Crippen molar-refractivity contribution in [1.82, 2.24) is 5.32 Å². The van der Waals surface area contributed by atoms with Crippen molar-refractivity contribution in [1.29, 1.82) is 0 Å². The number of benzene rings is 2. The van der Waals surface area contributed by atoms with E-state index in [9.17, 15) is 14.0 Å². The Morgan fingerprint density at radius 1 is 1.00 bits per heavy atom. The molecule has 25 heavy (non-hydrogen) atoms. The van der Waals surface area contributed by atoms with Gasteiger partial charge < -0.3 is 10.6 Å². The Morgan fingerprint density at radius 3 is 2.12 bits per heavy atom. The number of hydrogen-bond acceptors (Lipinski definition) is 2. The molecule has 4 nitrogen and oxygen atoms in total. The van der Waals surface area contributed by atoms with Gasteiger partial charge in [-0.1, -0.05) is 32.9 Å². The number of nitrogens with one attached hydrogen (secondary N) is 2. The Morgan fingerprint density at radius 2 is 1.60 bits per heavy atom. The second-order valence-corrected chi connectivity index (χ2v) is 6.24. The van der Waals surface area contributed by atoms with Crippen LogP contribution in [0, 0.1) is 11.7 Å². The smallest absolute Gasteiger partial charge is 0.251 e. The largest absolute Gasteiger partial charge is 0.340 e. The van der Waals surface area contributed by atoms with Crippen LogP contribution in [-0.4, -0.2) is 17.9 Å². The van der Waals surface area contributed by atoms with Crippen molar-refractivity contribution < 1.29 is 14.0 Å². The molecule has 0 aromatic heterocycles. The van der Waals surface area contributed by atoms with Crippen LogP contribution in [0.15, 0.2) is 48.5 Å². The van der Waals surface area contributed by atoms with E-state index in [1.54, 1.807) is 0 Å². The van der Waals surface area contributed by atoms with Crippen LogP contribution in [0.5, 0.6) is 0 Å². The second kappa shape index (κ2) is 8.42. The average Bonchev–Trinajstić information content (AvgIpc) is 2.60. The fraction of sp³-hybridized carbons (Fsp3) is 0.300. The van der Waals surface area contributed by atoms with Crippen LogP contribution >= 0.6 is 0 Å². The standard InChI is InChI=1S/C20H23FN2O2/c1-4-14-5-11-17(12-6-14)22-20(25)18(13(2)3)23-19(24)15-7-9-16(21)10-8-15/h5-13,18H,4H2,1-3H3,(H,22,25)(H,23,24). The van der Waals surface area contributed by atoms with Gasteiger partial charge in [0, 0.05) is 11.3 Å². The van der Waals surface area contributed by atoms with Gasteiger partial charge in [0.1, 0.15) is 11.9 Å². The van der Waals surface area contributed by atoms with Gasteiger partial charge in [0.2, 0.25) is 5.91 Å². The van der Waals surface area contributed by atoms with Gasteiger partial charge in [-0.25, -0.2) is 4.39 Å². The summed E-state index contributed by atoms with van der Waals surface area (Å²) in [6, 6.07) is 12.1. The van der Waals surface area contributed by atoms with Crippen molar-refractivity contribution in [2.24, 2.45) is 5.92 Å². The van der Waals surface area contributed by atoms with E-state index in [-0.39, 0.29) is 11.8 Å². The molecule has 2 amide bonds. The van der Waals surface area contributed by atoms with Crippen molar-refractivity contribution in [2.75, 3.05) is 5.32 Å². The Balaban J connectivity index is 2.06. The first-order valence-electron chi connectivity index (χ1n) is 8.37. The summed E-state index contributed by atoms with van der Waals surface area (Å²) in [5.74, 6) is -1.20. The monoisotopic (exact) mass is 342 g/mol. The van der Waals surface area contributed by atoms with Crippen LogP contribution in [0.2, 0.25) is 0 Å². The first-order chi connectivity index (χ1) is 11.9. The zero-order chi connectivity index (χ0) is 18.4. The third-order valence-electron chi connectivity index (χ3n) is 3.97. The van der Waals surface area contributed by atoms with E-state index in [1.165, 1.54) is 29.8 Å². The van der Waals surface area contributed by atoms with E-state index in [0.29, 0.717) is 11.3 Å². The molecule has 5 heteroatoms. The van der Waals surface area contributed by atoms with Crippen LogP contribution in [0.3, 0.4) is 0 Å². The number of aryl methyl sites for hydroxylation is 1. The minimum absolute atomic E-state index is 0.0979. The van der Waals surface area contributed by atoms with E-state index in [4.69, 9.17) is 0 Å². The lowest BCUT2D eigenvalue weighted by molar-refractivity contribution is -0.118. The highest BCUT2D eigenvalue weighted by Gasteiger charge is 2.24. The van der Waals surface area contributed by atoms with Gasteiger partial charge >= 0.3 is 0 Å². The van der Waals surface area contributed by atoms with Gasteiger partial charge in [-0.05, 0) is 54.3 Å². The predicted molar refractivity (Wildman–Crippen MR) is 96.9 cm³/mol. The second-order valence-electron chi connectivity index (χ2n) is 6.24. The number of rotatable bonds is 6. The molecular weight excluding hydrogens is 319 g/mol. The number of hydrogen-bond donors (Lipinski definition) is 2. The number of anilines is 1. The molecule has 0 spiro atoms. The minimum atomic E-state index is -0.691. The van der Waals surface area contributed by atoms with Crippen LogP contribution in [-0.2, 0) is 11.2 Å². The molecule has 0 radical (unpaired) electrons. The van der Waals surface area contributed by atoms with Crippen molar-refractivity contribution >= 4 is 17.5 Å². The maximum atomic E-state index is 13.0. The Labute approximate surface area is 147 Å². The lowest BCUT2D eigenvalue weighted by Gasteiger charge is -2.22. The van der Waals surface area contributed by atoms with Gasteiger partial charge in [0.25, 0.3) is 5.91 Å². The molecule has 1 unspecified atom stereocenters. The predicted octanol–water partition coefficient (Wildman–Crippen LogP) is 3.78. The fourth-order valence-corrected chi connectivity index (χ4v) is 2.40. The summed E-state index contributed by atoms with van der Waals surface area (Å²) in [5.41, 5.74) is 2.18. The van der Waals surface area contributed by atoms with Crippen molar-refractivity contribution in [2.45, 2.75) is 33.2 Å². The molecule has 2 aromatic carbocycles. The summed E-state index contributed by atoms with van der Waals surface area (Å²) in [6.45, 7) is 5.78. The van der Waals surface area contributed by atoms with Gasteiger partial charge in [-0.3, -0.25) is 9.59 Å². The zero-order valence-corrected chi connectivity index (χ0v) is 14.7. The third kappa shape index (κ3) is 5.14. The highest BCUT2D eigenvalue weighted by molar-refractivity contribution is 6.01. The fourth-order valence-electron chi connectivity index (χ4n) is 2.40. The summed E-state index contributed by atoms with van der Waals surface area (Å²) in [6.07, 6.45) is 0.927. The molecule has 1 atom stereocenters. The summed E-state index contributed by atoms with van der Waals surface area (Å²) < 4.78 is 13.0. The molecule has 0 fully saturated rings. The maximum absolute atomic E-state index is 13.0. The molecule has 2 N–H and O–H groups in total. The molecule has 0 bridgehead atoms. The van der Waals surface area contributed by atoms with E-state index in [0.717, 1.165) is 6.42 Å². The third-order valence-corrected chi connectivity index (χ3v) is 3.97. The zero-order valence-electron chi connectivity index (χ0n) is 14.7. The minimum Gasteiger partial charge on any atom is -0.340 e. The van der Waals surface area contributed by atoms with Gasteiger partial charge in [-0.2, -0.15) is 0 Å². The Kier molecular flexibility index (Phi) is 6.28. The first kappa shape index (κ1) is 18.6. The first-order valence-corrected chi connectivity index (χ1v) is 8.37. The molecular formula is C20H23FN2O2. The molecule has 0 aliphatic heterocycles. The molecule has 0 aliphatic rings. The van der Waals surface area contributed by atoms with Gasteiger partial charge in [-0.15, -0.1) is 0 Å². The summed E-state index contributed by atoms with van der Waals surface area (Å²) >= 11 is 0. The van der Waals surface area contributed by atoms with E-state index < -0.39 is 17.8 Å². The van der Waals surface area contributed by atoms with Crippen molar-refractivity contribution in [3.8, 4) is 0 Å². The maximum Gasteiger partial charge on any atom is 0.251 e. The molecule has 0 aliphatic carbocycles. The molecule has 132 valence electrons. The summed E-state index contributed by atoms with van der Waals surface area (Å²) in [5, 5.41) is 5.55. The number of amides is 2. The van der Waals surface area contributed by atoms with Crippen LogP contribution in [0.1, 0.15) is 36.7 Å². The molecule has 0 saturated carbocycles. The molecule has 0 heterocycles. The average molecular weight is 342 g/mol. The lowest BCUT2D eigenvalue weighted by Crippen LogP contribution is -2.47. The lowest BCUT2D eigenvalue weighted by atomic mass is 10.0. The van der Waals surface area contributed by atoms with Crippen LogP contribution in [0.25, 0.3) is 0 Å². The summed E-state index contributed by atoms with van der Waals surface area (Å²) in [7, 11) is 0. The molecule has 2 rings (SSSR count). The highest BCUT2D eigenvalue weighted by Crippen LogP contribution is 2.13. The quantitative estimate of drug-likeness (QED) is 0.839. The molecule has 0 saturated heterocycles. The Bertz CT molecular complexity index is 724. The topological polar surface area (TPSA) is 58.2 Å². The van der Waals surface area contributed by atoms with Crippen molar-refractivity contribution in [3.63, 3.8) is 0 Å². The van der Waals surface area contributed by atoms with Crippen molar-refractivity contribution in [3.05, 3.63) is 65.5 Å².